The topological polar surface area (TPSA) is 34.1 Å². The molecule has 1 heterocycles. The predicted molar refractivity (Wildman–Crippen MR) is 120 cm³/mol. The normalized spacial score (nSPS) is 13.2. The third kappa shape index (κ3) is 3.04. The molecule has 3 heteroatoms. The lowest BCUT2D eigenvalue weighted by Gasteiger charge is -2.02. The summed E-state index contributed by atoms with van der Waals surface area (Å²) in [4.78, 5) is 27.9. The van der Waals surface area contributed by atoms with Crippen molar-refractivity contribution in [1.82, 2.24) is 0 Å². The average Bonchev–Trinajstić information content (AvgIpc) is 3.25. The standard InChI is InChI=1S/C26H18O2S/c1-15-9-16(2)11-19(10-15)24-8-7-20(29-24)14-23-25(27)21-12-17-5-3-4-6-18(17)13-22(21)26(23)28/h3-14H,1-2H3. The number of allylic oxidation sites excluding steroid dienone is 1. The maximum absolute atomic E-state index is 12.9. The summed E-state index contributed by atoms with van der Waals surface area (Å²) < 4.78 is 0. The SMILES string of the molecule is Cc1cc(C)cc(-c2ccc(C=C3C(=O)c4cc5ccccc5cc4C3=O)s2)c1. The molecule has 0 saturated carbocycles. The van der Waals surface area contributed by atoms with Crippen LogP contribution in [0.5, 0.6) is 0 Å². The second kappa shape index (κ2) is 6.64. The summed E-state index contributed by atoms with van der Waals surface area (Å²) >= 11 is 1.60. The van der Waals surface area contributed by atoms with Gasteiger partial charge in [-0.2, -0.15) is 0 Å². The van der Waals surface area contributed by atoms with Crippen molar-refractivity contribution in [3.8, 4) is 10.4 Å². The molecule has 1 aromatic heterocycles. The summed E-state index contributed by atoms with van der Waals surface area (Å²) in [6.45, 7) is 4.17. The third-order valence-corrected chi connectivity index (χ3v) is 6.37. The van der Waals surface area contributed by atoms with Crippen LogP contribution in [0.3, 0.4) is 0 Å². The van der Waals surface area contributed by atoms with Crippen molar-refractivity contribution in [3.63, 3.8) is 0 Å². The number of rotatable bonds is 2. The summed E-state index contributed by atoms with van der Waals surface area (Å²) in [5.41, 5.74) is 4.87. The first-order valence-corrected chi connectivity index (χ1v) is 10.3. The Morgan fingerprint density at radius 3 is 1.90 bits per heavy atom. The Morgan fingerprint density at radius 1 is 0.724 bits per heavy atom. The number of carbonyl (C=O) groups is 2. The first-order chi connectivity index (χ1) is 14.0. The third-order valence-electron chi connectivity index (χ3n) is 5.28. The van der Waals surface area contributed by atoms with E-state index in [1.165, 1.54) is 11.1 Å². The lowest BCUT2D eigenvalue weighted by Crippen LogP contribution is -1.99. The van der Waals surface area contributed by atoms with Crippen LogP contribution in [0, 0.1) is 13.8 Å². The molecular weight excluding hydrogens is 376 g/mol. The zero-order valence-corrected chi connectivity index (χ0v) is 17.0. The van der Waals surface area contributed by atoms with Crippen LogP contribution >= 0.6 is 11.3 Å². The summed E-state index contributed by atoms with van der Waals surface area (Å²) in [7, 11) is 0. The number of hydrogen-bond acceptors (Lipinski definition) is 3. The van der Waals surface area contributed by atoms with E-state index in [1.807, 2.05) is 42.5 Å². The smallest absolute Gasteiger partial charge is 0.197 e. The molecular formula is C26H18O2S. The van der Waals surface area contributed by atoms with Crippen LogP contribution in [-0.4, -0.2) is 11.6 Å². The number of thiophene rings is 1. The Labute approximate surface area is 173 Å². The molecule has 1 aliphatic rings. The van der Waals surface area contributed by atoms with Gasteiger partial charge in [0, 0.05) is 20.9 Å². The zero-order chi connectivity index (χ0) is 20.1. The van der Waals surface area contributed by atoms with Gasteiger partial charge in [0.1, 0.15) is 0 Å². The molecule has 0 aliphatic heterocycles. The Balaban J connectivity index is 1.54. The van der Waals surface area contributed by atoms with E-state index in [0.717, 1.165) is 26.1 Å². The lowest BCUT2D eigenvalue weighted by molar-refractivity contribution is 0.0990. The number of hydrogen-bond donors (Lipinski definition) is 0. The van der Waals surface area contributed by atoms with Crippen molar-refractivity contribution in [2.45, 2.75) is 13.8 Å². The highest BCUT2D eigenvalue weighted by Crippen LogP contribution is 2.34. The van der Waals surface area contributed by atoms with Crippen molar-refractivity contribution >= 4 is 39.8 Å². The van der Waals surface area contributed by atoms with Gasteiger partial charge in [-0.1, -0.05) is 53.6 Å². The summed E-state index contributed by atoms with van der Waals surface area (Å²) in [6.07, 6.45) is 1.74. The van der Waals surface area contributed by atoms with Crippen LogP contribution in [0.4, 0.5) is 0 Å². The molecule has 0 saturated heterocycles. The Kier molecular flexibility index (Phi) is 4.07. The molecule has 0 radical (unpaired) electrons. The number of ketones is 2. The summed E-state index contributed by atoms with van der Waals surface area (Å²) in [5.74, 6) is -0.366. The van der Waals surface area contributed by atoms with Gasteiger partial charge in [-0.3, -0.25) is 9.59 Å². The predicted octanol–water partition coefficient (Wildman–Crippen LogP) is 6.65. The van der Waals surface area contributed by atoms with Crippen LogP contribution in [0.25, 0.3) is 27.3 Å². The Hall–Kier alpha value is -3.30. The Bertz CT molecular complexity index is 1280. The average molecular weight is 394 g/mol. The van der Waals surface area contributed by atoms with E-state index in [9.17, 15) is 9.59 Å². The molecule has 0 bridgehead atoms. The molecule has 1 aliphatic carbocycles. The monoisotopic (exact) mass is 394 g/mol. The van der Waals surface area contributed by atoms with Crippen LogP contribution in [0.1, 0.15) is 36.7 Å². The zero-order valence-electron chi connectivity index (χ0n) is 16.2. The second-order valence-corrected chi connectivity index (χ2v) is 8.65. The van der Waals surface area contributed by atoms with Crippen LogP contribution in [-0.2, 0) is 0 Å². The number of aryl methyl sites for hydroxylation is 2. The van der Waals surface area contributed by atoms with Crippen molar-refractivity contribution in [2.75, 3.05) is 0 Å². The minimum atomic E-state index is -0.183. The quantitative estimate of drug-likeness (QED) is 0.282. The molecule has 3 aromatic carbocycles. The summed E-state index contributed by atoms with van der Waals surface area (Å²) in [5, 5.41) is 1.95. The lowest BCUT2D eigenvalue weighted by atomic mass is 10.0. The fraction of sp³-hybridized carbons (Fsp3) is 0.0769. The van der Waals surface area contributed by atoms with Gasteiger partial charge in [0.05, 0.1) is 5.57 Å². The van der Waals surface area contributed by atoms with Gasteiger partial charge in [0.2, 0.25) is 0 Å². The van der Waals surface area contributed by atoms with Crippen LogP contribution in [0.2, 0.25) is 0 Å². The fourth-order valence-corrected chi connectivity index (χ4v) is 4.92. The van der Waals surface area contributed by atoms with E-state index < -0.39 is 0 Å². The van der Waals surface area contributed by atoms with Gasteiger partial charge in [0.15, 0.2) is 11.6 Å². The highest BCUT2D eigenvalue weighted by molar-refractivity contribution is 7.16. The Morgan fingerprint density at radius 2 is 1.31 bits per heavy atom. The molecule has 0 fully saturated rings. The van der Waals surface area contributed by atoms with Gasteiger partial charge in [-0.25, -0.2) is 0 Å². The second-order valence-electron chi connectivity index (χ2n) is 7.54. The fourth-order valence-electron chi connectivity index (χ4n) is 3.99. The highest BCUT2D eigenvalue weighted by Gasteiger charge is 2.33. The van der Waals surface area contributed by atoms with E-state index in [0.29, 0.717) is 11.1 Å². The van der Waals surface area contributed by atoms with Gasteiger partial charge in [-0.05, 0) is 60.5 Å². The van der Waals surface area contributed by atoms with E-state index >= 15 is 0 Å². The van der Waals surface area contributed by atoms with Crippen molar-refractivity contribution in [1.29, 1.82) is 0 Å². The van der Waals surface area contributed by atoms with Crippen LogP contribution < -0.4 is 0 Å². The van der Waals surface area contributed by atoms with Crippen LogP contribution in [0.15, 0.2) is 72.3 Å². The number of fused-ring (bicyclic) bond motifs is 2. The first-order valence-electron chi connectivity index (χ1n) is 9.52. The molecule has 0 unspecified atom stereocenters. The van der Waals surface area contributed by atoms with Crippen molar-refractivity contribution in [3.05, 3.63) is 99.4 Å². The van der Waals surface area contributed by atoms with E-state index in [4.69, 9.17) is 0 Å². The van der Waals surface area contributed by atoms with Gasteiger partial charge in [0.25, 0.3) is 0 Å². The maximum Gasteiger partial charge on any atom is 0.197 e. The minimum absolute atomic E-state index is 0.183. The molecule has 0 N–H and O–H groups in total. The van der Waals surface area contributed by atoms with E-state index in [-0.39, 0.29) is 17.1 Å². The summed E-state index contributed by atoms with van der Waals surface area (Å²) in [6, 6.07) is 22.0. The molecule has 140 valence electrons. The highest BCUT2D eigenvalue weighted by atomic mass is 32.1. The molecule has 0 spiro atoms. The molecule has 0 amide bonds. The molecule has 0 atom stereocenters. The van der Waals surface area contributed by atoms with Gasteiger partial charge in [-0.15, -0.1) is 11.3 Å². The molecule has 4 aromatic rings. The maximum atomic E-state index is 12.9. The molecule has 5 rings (SSSR count). The first kappa shape index (κ1) is 17.8. The van der Waals surface area contributed by atoms with Crippen molar-refractivity contribution < 1.29 is 9.59 Å². The number of carbonyl (C=O) groups excluding carboxylic acids is 2. The minimum Gasteiger partial charge on any atom is -0.288 e. The largest absolute Gasteiger partial charge is 0.288 e. The number of Topliss-reactive ketones (excluding diaryl/α,β-unsaturated/α-hetero) is 2. The number of benzene rings is 3. The molecule has 2 nitrogen and oxygen atoms in total. The van der Waals surface area contributed by atoms with Gasteiger partial charge < -0.3 is 0 Å². The van der Waals surface area contributed by atoms with Crippen molar-refractivity contribution in [2.24, 2.45) is 0 Å². The van der Waals surface area contributed by atoms with E-state index in [2.05, 4.69) is 38.1 Å². The van der Waals surface area contributed by atoms with E-state index in [1.54, 1.807) is 17.4 Å². The van der Waals surface area contributed by atoms with Gasteiger partial charge >= 0.3 is 0 Å². The molecule has 29 heavy (non-hydrogen) atoms.